The van der Waals surface area contributed by atoms with Gasteiger partial charge in [0.1, 0.15) is 5.92 Å². The fourth-order valence-corrected chi connectivity index (χ4v) is 2.28. The predicted octanol–water partition coefficient (Wildman–Crippen LogP) is 4.48. The molecule has 0 saturated carbocycles. The molecule has 2 aromatic rings. The van der Waals surface area contributed by atoms with E-state index in [0.717, 1.165) is 0 Å². The minimum absolute atomic E-state index is 0.258. The van der Waals surface area contributed by atoms with Crippen molar-refractivity contribution in [2.45, 2.75) is 5.92 Å². The highest BCUT2D eigenvalue weighted by Gasteiger charge is 2.23. The lowest BCUT2D eigenvalue weighted by Crippen LogP contribution is -2.11. The van der Waals surface area contributed by atoms with Crippen molar-refractivity contribution in [2.24, 2.45) is 0 Å². The van der Waals surface area contributed by atoms with Crippen LogP contribution in [0.1, 0.15) is 21.8 Å². The molecule has 0 aliphatic rings. The van der Waals surface area contributed by atoms with Gasteiger partial charge in [0.25, 0.3) is 0 Å². The second-order valence-electron chi connectivity index (χ2n) is 3.96. The first-order chi connectivity index (χ1) is 9.13. The van der Waals surface area contributed by atoms with Gasteiger partial charge in [0.2, 0.25) is 0 Å². The van der Waals surface area contributed by atoms with E-state index in [1.54, 1.807) is 36.4 Å². The summed E-state index contributed by atoms with van der Waals surface area (Å²) in [5, 5.41) is 9.93. The molecule has 0 heterocycles. The first-order valence-corrected chi connectivity index (χ1v) is 6.33. The van der Waals surface area contributed by atoms with E-state index in [1.165, 1.54) is 6.07 Å². The predicted molar refractivity (Wildman–Crippen MR) is 75.6 cm³/mol. The quantitative estimate of drug-likeness (QED) is 0.782. The lowest BCUT2D eigenvalue weighted by molar-refractivity contribution is 0.0979. The molecule has 94 valence electrons. The Morgan fingerprint density at radius 2 is 1.79 bits per heavy atom. The third kappa shape index (κ3) is 2.96. The van der Waals surface area contributed by atoms with Crippen LogP contribution < -0.4 is 0 Å². The molecule has 0 amide bonds. The van der Waals surface area contributed by atoms with Crippen molar-refractivity contribution in [3.8, 4) is 6.07 Å². The maximum atomic E-state index is 12.4. The molecule has 4 heteroatoms. The number of rotatable bonds is 3. The molecule has 0 aliphatic carbocycles. The summed E-state index contributed by atoms with van der Waals surface area (Å²) in [6, 6.07) is 15.5. The summed E-state index contributed by atoms with van der Waals surface area (Å²) in [5.41, 5.74) is 0.961. The Balaban J connectivity index is 2.40. The molecular weight excluding hydrogens is 281 g/mol. The van der Waals surface area contributed by atoms with E-state index in [9.17, 15) is 10.1 Å². The number of benzene rings is 2. The van der Waals surface area contributed by atoms with Crippen molar-refractivity contribution in [3.05, 3.63) is 69.7 Å². The number of carbonyl (C=O) groups is 1. The van der Waals surface area contributed by atoms with Crippen LogP contribution in [0.2, 0.25) is 10.0 Å². The van der Waals surface area contributed by atoms with Crippen LogP contribution in [-0.2, 0) is 0 Å². The molecule has 2 rings (SSSR count). The topological polar surface area (TPSA) is 40.9 Å². The van der Waals surface area contributed by atoms with Crippen molar-refractivity contribution in [1.82, 2.24) is 0 Å². The first kappa shape index (κ1) is 13.6. The van der Waals surface area contributed by atoms with Gasteiger partial charge < -0.3 is 0 Å². The number of ketones is 1. The lowest BCUT2D eigenvalue weighted by atomic mass is 9.92. The summed E-state index contributed by atoms with van der Waals surface area (Å²) in [4.78, 5) is 12.4. The lowest BCUT2D eigenvalue weighted by Gasteiger charge is -2.10. The minimum atomic E-state index is -0.861. The molecule has 19 heavy (non-hydrogen) atoms. The van der Waals surface area contributed by atoms with Crippen LogP contribution >= 0.6 is 23.2 Å². The maximum Gasteiger partial charge on any atom is 0.185 e. The molecule has 0 fully saturated rings. The largest absolute Gasteiger partial charge is 0.292 e. The Morgan fingerprint density at radius 1 is 1.11 bits per heavy atom. The Hall–Kier alpha value is -1.82. The van der Waals surface area contributed by atoms with E-state index in [0.29, 0.717) is 16.1 Å². The number of halogens is 2. The van der Waals surface area contributed by atoms with Crippen LogP contribution in [0, 0.1) is 11.3 Å². The molecule has 0 N–H and O–H groups in total. The zero-order valence-electron chi connectivity index (χ0n) is 9.81. The number of hydrogen-bond acceptors (Lipinski definition) is 2. The second kappa shape index (κ2) is 5.88. The highest BCUT2D eigenvalue weighted by atomic mass is 35.5. The van der Waals surface area contributed by atoms with E-state index in [1.807, 2.05) is 12.1 Å². The van der Waals surface area contributed by atoms with Gasteiger partial charge in [-0.05, 0) is 23.8 Å². The first-order valence-electron chi connectivity index (χ1n) is 5.57. The monoisotopic (exact) mass is 289 g/mol. The van der Waals surface area contributed by atoms with Crippen molar-refractivity contribution >= 4 is 29.0 Å². The summed E-state index contributed by atoms with van der Waals surface area (Å²) in [5.74, 6) is -1.18. The van der Waals surface area contributed by atoms with E-state index in [4.69, 9.17) is 23.2 Å². The van der Waals surface area contributed by atoms with Gasteiger partial charge in [-0.3, -0.25) is 4.79 Å². The van der Waals surface area contributed by atoms with Crippen LogP contribution in [0.5, 0.6) is 0 Å². The summed E-state index contributed by atoms with van der Waals surface area (Å²) in [7, 11) is 0. The molecule has 1 atom stereocenters. The van der Waals surface area contributed by atoms with E-state index in [-0.39, 0.29) is 10.8 Å². The number of nitrogens with zero attached hydrogens (tertiary/aromatic N) is 1. The van der Waals surface area contributed by atoms with Gasteiger partial charge in [0.05, 0.1) is 11.1 Å². The molecule has 2 aromatic carbocycles. The zero-order valence-corrected chi connectivity index (χ0v) is 11.3. The SMILES string of the molecule is N#CC(C(=O)c1ccc(Cl)cc1Cl)c1ccccc1. The van der Waals surface area contributed by atoms with Crippen molar-refractivity contribution in [1.29, 1.82) is 5.26 Å². The molecule has 0 saturated heterocycles. The highest BCUT2D eigenvalue weighted by Crippen LogP contribution is 2.27. The van der Waals surface area contributed by atoms with Crippen LogP contribution in [0.15, 0.2) is 48.5 Å². The number of nitriles is 1. The molecule has 0 bridgehead atoms. The summed E-state index contributed by atoms with van der Waals surface area (Å²) < 4.78 is 0. The Bertz CT molecular complexity index is 647. The summed E-state index contributed by atoms with van der Waals surface area (Å²) in [6.07, 6.45) is 0. The highest BCUT2D eigenvalue weighted by molar-refractivity contribution is 6.37. The van der Waals surface area contributed by atoms with Gasteiger partial charge in [-0.25, -0.2) is 0 Å². The molecular formula is C15H9Cl2NO. The molecule has 0 aromatic heterocycles. The van der Waals surface area contributed by atoms with Crippen LogP contribution in [0.4, 0.5) is 0 Å². The summed E-state index contributed by atoms with van der Waals surface area (Å²) in [6.45, 7) is 0. The average Bonchev–Trinajstić information content (AvgIpc) is 2.40. The Kier molecular flexibility index (Phi) is 4.21. The van der Waals surface area contributed by atoms with Gasteiger partial charge in [-0.2, -0.15) is 5.26 Å². The van der Waals surface area contributed by atoms with Crippen molar-refractivity contribution in [3.63, 3.8) is 0 Å². The molecule has 1 unspecified atom stereocenters. The van der Waals surface area contributed by atoms with Gasteiger partial charge in [-0.1, -0.05) is 53.5 Å². The van der Waals surface area contributed by atoms with Crippen molar-refractivity contribution < 1.29 is 4.79 Å². The fraction of sp³-hybridized carbons (Fsp3) is 0.0667. The fourth-order valence-electron chi connectivity index (χ4n) is 1.77. The van der Waals surface area contributed by atoms with Crippen LogP contribution in [-0.4, -0.2) is 5.78 Å². The Labute approximate surface area is 121 Å². The Morgan fingerprint density at radius 3 is 2.37 bits per heavy atom. The van der Waals surface area contributed by atoms with Gasteiger partial charge in [0, 0.05) is 10.6 Å². The average molecular weight is 290 g/mol. The molecule has 2 nitrogen and oxygen atoms in total. The minimum Gasteiger partial charge on any atom is -0.292 e. The third-order valence-electron chi connectivity index (χ3n) is 2.72. The molecule has 0 spiro atoms. The summed E-state index contributed by atoms with van der Waals surface area (Å²) >= 11 is 11.8. The van der Waals surface area contributed by atoms with E-state index in [2.05, 4.69) is 0 Å². The van der Waals surface area contributed by atoms with E-state index < -0.39 is 5.92 Å². The van der Waals surface area contributed by atoms with Gasteiger partial charge >= 0.3 is 0 Å². The second-order valence-corrected chi connectivity index (χ2v) is 4.80. The number of hydrogen-bond donors (Lipinski definition) is 0. The maximum absolute atomic E-state index is 12.4. The number of Topliss-reactive ketones (excluding diaryl/α,β-unsaturated/α-hetero) is 1. The van der Waals surface area contributed by atoms with Gasteiger partial charge in [-0.15, -0.1) is 0 Å². The molecule has 0 radical (unpaired) electrons. The standard InChI is InChI=1S/C15H9Cl2NO/c16-11-6-7-12(14(17)8-11)15(19)13(9-18)10-4-2-1-3-5-10/h1-8,13H. The van der Waals surface area contributed by atoms with Crippen LogP contribution in [0.3, 0.4) is 0 Å². The third-order valence-corrected chi connectivity index (χ3v) is 3.27. The normalized spacial score (nSPS) is 11.6. The molecule has 0 aliphatic heterocycles. The van der Waals surface area contributed by atoms with Gasteiger partial charge in [0.15, 0.2) is 5.78 Å². The smallest absolute Gasteiger partial charge is 0.185 e. The van der Waals surface area contributed by atoms with E-state index >= 15 is 0 Å². The number of carbonyl (C=O) groups excluding carboxylic acids is 1. The zero-order chi connectivity index (χ0) is 13.8. The van der Waals surface area contributed by atoms with Crippen LogP contribution in [0.25, 0.3) is 0 Å². The van der Waals surface area contributed by atoms with Crippen molar-refractivity contribution in [2.75, 3.05) is 0 Å².